The van der Waals surface area contributed by atoms with E-state index in [4.69, 9.17) is 0 Å². The topological polar surface area (TPSA) is 87.3 Å². The van der Waals surface area contributed by atoms with E-state index in [9.17, 15) is 14.4 Å². The molecule has 6 nitrogen and oxygen atoms in total. The molecule has 0 heterocycles. The van der Waals surface area contributed by atoms with E-state index in [1.54, 1.807) is 0 Å². The molecule has 0 radical (unpaired) electrons. The van der Waals surface area contributed by atoms with Crippen molar-refractivity contribution in [3.05, 3.63) is 35.9 Å². The lowest BCUT2D eigenvalue weighted by Gasteiger charge is -2.24. The molecule has 27 heavy (non-hydrogen) atoms. The summed E-state index contributed by atoms with van der Waals surface area (Å²) in [4.78, 5) is 37.2. The van der Waals surface area contributed by atoms with Crippen molar-refractivity contribution in [2.75, 3.05) is 12.8 Å². The van der Waals surface area contributed by atoms with Gasteiger partial charge in [-0.2, -0.15) is 25.3 Å². The molecule has 3 N–H and O–H groups in total. The van der Waals surface area contributed by atoms with E-state index in [1.807, 2.05) is 44.2 Å². The van der Waals surface area contributed by atoms with Gasteiger partial charge in [0.25, 0.3) is 0 Å². The minimum Gasteiger partial charge on any atom is -0.357 e. The van der Waals surface area contributed by atoms with Gasteiger partial charge in [-0.25, -0.2) is 0 Å². The Kier molecular flexibility index (Phi) is 10.3. The lowest BCUT2D eigenvalue weighted by atomic mass is 10.0. The quantitative estimate of drug-likeness (QED) is 0.375. The van der Waals surface area contributed by atoms with E-state index in [0.29, 0.717) is 12.8 Å². The molecule has 0 fully saturated rings. The Morgan fingerprint density at radius 1 is 0.963 bits per heavy atom. The monoisotopic (exact) mass is 411 g/mol. The highest BCUT2D eigenvalue weighted by molar-refractivity contribution is 7.85. The highest BCUT2D eigenvalue weighted by atomic mass is 32.1. The molecule has 3 amide bonds. The maximum Gasteiger partial charge on any atom is 0.243 e. The predicted molar refractivity (Wildman–Crippen MR) is 114 cm³/mol. The van der Waals surface area contributed by atoms with Crippen molar-refractivity contribution in [2.24, 2.45) is 5.92 Å². The zero-order chi connectivity index (χ0) is 20.4. The molecule has 0 aliphatic rings. The zero-order valence-corrected chi connectivity index (χ0v) is 17.7. The Morgan fingerprint density at radius 3 is 2.07 bits per heavy atom. The van der Waals surface area contributed by atoms with Crippen LogP contribution in [0.3, 0.4) is 0 Å². The number of hydrogen-bond donors (Lipinski definition) is 5. The summed E-state index contributed by atoms with van der Waals surface area (Å²) in [5, 5.41) is 7.46. The lowest BCUT2D eigenvalue weighted by Crippen LogP contribution is -2.55. The summed E-state index contributed by atoms with van der Waals surface area (Å²) in [5.74, 6) is -0.581. The van der Waals surface area contributed by atoms with Crippen LogP contribution in [0.5, 0.6) is 0 Å². The van der Waals surface area contributed by atoms with Gasteiger partial charge in [-0.3, -0.25) is 14.4 Å². The van der Waals surface area contributed by atoms with Crippen LogP contribution in [0.4, 0.5) is 0 Å². The maximum atomic E-state index is 12.8. The third-order valence-electron chi connectivity index (χ3n) is 3.98. The van der Waals surface area contributed by atoms with Crippen LogP contribution < -0.4 is 16.0 Å². The van der Waals surface area contributed by atoms with Crippen molar-refractivity contribution in [1.29, 1.82) is 0 Å². The second-order valence-corrected chi connectivity index (χ2v) is 7.74. The molecule has 1 unspecified atom stereocenters. The fourth-order valence-corrected chi connectivity index (χ4v) is 2.80. The van der Waals surface area contributed by atoms with E-state index in [-0.39, 0.29) is 29.4 Å². The second-order valence-electron chi connectivity index (χ2n) is 6.75. The Morgan fingerprint density at radius 2 is 1.56 bits per heavy atom. The molecule has 150 valence electrons. The summed E-state index contributed by atoms with van der Waals surface area (Å²) >= 11 is 8.22. The number of thiol groups is 2. The van der Waals surface area contributed by atoms with E-state index in [2.05, 4.69) is 41.2 Å². The van der Waals surface area contributed by atoms with Crippen molar-refractivity contribution < 1.29 is 14.4 Å². The number of carbonyl (C=O) groups is 3. The molecule has 0 saturated carbocycles. The fourth-order valence-electron chi connectivity index (χ4n) is 2.56. The van der Waals surface area contributed by atoms with Crippen molar-refractivity contribution in [2.45, 2.75) is 44.0 Å². The average molecular weight is 412 g/mol. The predicted octanol–water partition coefficient (Wildman–Crippen LogP) is 1.22. The molecule has 0 bridgehead atoms. The molecule has 3 atom stereocenters. The number of hydrogen-bond acceptors (Lipinski definition) is 5. The molecule has 0 saturated heterocycles. The van der Waals surface area contributed by atoms with E-state index in [0.717, 1.165) is 5.56 Å². The SMILES string of the molecule is CNC(=O)[C@H](Cc1ccccc1)NC(=O)[C@H](CC(C)C)NC(=O)C(S)CS. The minimum absolute atomic E-state index is 0.183. The van der Waals surface area contributed by atoms with Crippen LogP contribution in [0.2, 0.25) is 0 Å². The summed E-state index contributed by atoms with van der Waals surface area (Å²) in [6, 6.07) is 7.97. The van der Waals surface area contributed by atoms with Crippen molar-refractivity contribution in [3.8, 4) is 0 Å². The Bertz CT molecular complexity index is 626. The van der Waals surface area contributed by atoms with Crippen molar-refractivity contribution in [1.82, 2.24) is 16.0 Å². The second kappa shape index (κ2) is 11.9. The maximum absolute atomic E-state index is 12.8. The van der Waals surface area contributed by atoms with Gasteiger partial charge >= 0.3 is 0 Å². The lowest BCUT2D eigenvalue weighted by molar-refractivity contribution is -0.132. The van der Waals surface area contributed by atoms with Gasteiger partial charge in [0, 0.05) is 19.2 Å². The van der Waals surface area contributed by atoms with Crippen LogP contribution >= 0.6 is 25.3 Å². The van der Waals surface area contributed by atoms with E-state index in [1.165, 1.54) is 7.05 Å². The largest absolute Gasteiger partial charge is 0.357 e. The molecule has 0 aromatic heterocycles. The first-order valence-electron chi connectivity index (χ1n) is 8.93. The summed E-state index contributed by atoms with van der Waals surface area (Å²) in [6.45, 7) is 3.92. The molecule has 8 heteroatoms. The van der Waals surface area contributed by atoms with Gasteiger partial charge in [0.2, 0.25) is 17.7 Å². The zero-order valence-electron chi connectivity index (χ0n) is 15.9. The minimum atomic E-state index is -0.741. The summed E-state index contributed by atoms with van der Waals surface area (Å²) < 4.78 is 0. The Labute approximate surface area is 172 Å². The molecular weight excluding hydrogens is 382 g/mol. The fraction of sp³-hybridized carbons (Fsp3) is 0.526. The normalized spacial score (nSPS) is 14.1. The van der Waals surface area contributed by atoms with Crippen LogP contribution in [0.15, 0.2) is 30.3 Å². The molecule has 0 aliphatic carbocycles. The van der Waals surface area contributed by atoms with Gasteiger partial charge in [-0.05, 0) is 17.9 Å². The summed E-state index contributed by atoms with van der Waals surface area (Å²) in [5.41, 5.74) is 0.932. The van der Waals surface area contributed by atoms with Gasteiger partial charge in [0.05, 0.1) is 5.25 Å². The van der Waals surface area contributed by atoms with E-state index < -0.39 is 17.3 Å². The van der Waals surface area contributed by atoms with Crippen molar-refractivity contribution >= 4 is 43.0 Å². The van der Waals surface area contributed by atoms with E-state index >= 15 is 0 Å². The Balaban J connectivity index is 2.89. The number of benzene rings is 1. The smallest absolute Gasteiger partial charge is 0.243 e. The summed E-state index contributed by atoms with van der Waals surface area (Å²) in [6.07, 6.45) is 0.816. The van der Waals surface area contributed by atoms with Gasteiger partial charge in [-0.15, -0.1) is 0 Å². The first-order chi connectivity index (χ1) is 12.8. The summed E-state index contributed by atoms with van der Waals surface area (Å²) in [7, 11) is 1.53. The van der Waals surface area contributed by atoms with Crippen LogP contribution in [-0.4, -0.2) is 47.9 Å². The third-order valence-corrected chi connectivity index (χ3v) is 5.05. The average Bonchev–Trinajstić information content (AvgIpc) is 2.65. The third kappa shape index (κ3) is 8.26. The number of nitrogens with one attached hydrogen (secondary N) is 3. The molecule has 0 aliphatic heterocycles. The first kappa shape index (κ1) is 23.4. The number of amides is 3. The van der Waals surface area contributed by atoms with Gasteiger partial charge in [0.15, 0.2) is 0 Å². The highest BCUT2D eigenvalue weighted by Crippen LogP contribution is 2.09. The highest BCUT2D eigenvalue weighted by Gasteiger charge is 2.28. The number of carbonyl (C=O) groups excluding carboxylic acids is 3. The van der Waals surface area contributed by atoms with Gasteiger partial charge < -0.3 is 16.0 Å². The van der Waals surface area contributed by atoms with Crippen LogP contribution in [-0.2, 0) is 20.8 Å². The first-order valence-corrected chi connectivity index (χ1v) is 10.1. The Hall–Kier alpha value is -1.67. The van der Waals surface area contributed by atoms with Crippen LogP contribution in [0.1, 0.15) is 25.8 Å². The molecule has 0 spiro atoms. The van der Waals surface area contributed by atoms with Gasteiger partial charge in [-0.1, -0.05) is 44.2 Å². The number of rotatable bonds is 10. The van der Waals surface area contributed by atoms with Crippen molar-refractivity contribution in [3.63, 3.8) is 0 Å². The van der Waals surface area contributed by atoms with Crippen LogP contribution in [0.25, 0.3) is 0 Å². The standard InChI is InChI=1S/C19H29N3O3S2/c1-12(2)9-14(22-19(25)16(27)11-26)18(24)21-15(17(23)20-3)10-13-7-5-4-6-8-13/h4-8,12,14-16,26-27H,9-11H2,1-3H3,(H,20,23)(H,21,24)(H,22,25)/t14-,15-,16?/m0/s1. The molecule has 1 aromatic rings. The molecule has 1 aromatic carbocycles. The number of likely N-dealkylation sites (N-methyl/N-ethyl adjacent to an activating group) is 1. The molecule has 1 rings (SSSR count). The van der Waals surface area contributed by atoms with Crippen LogP contribution in [0, 0.1) is 5.92 Å². The molecular formula is C19H29N3O3S2. The van der Waals surface area contributed by atoms with Gasteiger partial charge in [0.1, 0.15) is 12.1 Å².